The number of imidazole rings is 1. The number of amides is 1. The molecule has 39 heavy (non-hydrogen) atoms. The van der Waals surface area contributed by atoms with E-state index in [1.165, 1.54) is 0 Å². The smallest absolute Gasteiger partial charge is 0.336 e. The van der Waals surface area contributed by atoms with Gasteiger partial charge in [0.2, 0.25) is 5.91 Å². The highest BCUT2D eigenvalue weighted by atomic mass is 16.4. The Bertz CT molecular complexity index is 1610. The first-order valence-corrected chi connectivity index (χ1v) is 13.3. The molecule has 0 aliphatic rings. The molecule has 0 bridgehead atoms. The fourth-order valence-corrected chi connectivity index (χ4v) is 4.83. The Kier molecular flexibility index (Phi) is 7.83. The summed E-state index contributed by atoms with van der Waals surface area (Å²) < 4.78 is 2.22. The maximum atomic E-state index is 12.7. The zero-order valence-electron chi connectivity index (χ0n) is 21.9. The Morgan fingerprint density at radius 3 is 2.36 bits per heavy atom. The Morgan fingerprint density at radius 1 is 0.872 bits per heavy atom. The standard InChI is InChI=1S/C33H31N3O3/c1-2-3-13-31-35-29-19-18-26(34-32(37)20-23-9-5-4-6-10-23)21-30(29)36(31)22-24-14-16-25(17-15-24)27-11-7-8-12-28(27)33(38)39/h4-12,14-19,21H,2-3,13,20,22H2,1H3,(H,34,37)(H,38,39). The number of unbranched alkanes of at least 4 members (excludes halogenated alkanes) is 1. The zero-order chi connectivity index (χ0) is 27.2. The molecule has 0 spiro atoms. The van der Waals surface area contributed by atoms with Crippen molar-refractivity contribution in [2.24, 2.45) is 0 Å². The van der Waals surface area contributed by atoms with E-state index in [0.717, 1.165) is 58.5 Å². The van der Waals surface area contributed by atoms with Gasteiger partial charge in [0.25, 0.3) is 0 Å². The van der Waals surface area contributed by atoms with E-state index in [0.29, 0.717) is 18.5 Å². The number of fused-ring (bicyclic) bond motifs is 1. The van der Waals surface area contributed by atoms with Crippen LogP contribution >= 0.6 is 0 Å². The number of hydrogen-bond donors (Lipinski definition) is 2. The van der Waals surface area contributed by atoms with Crippen LogP contribution in [0, 0.1) is 0 Å². The molecule has 0 atom stereocenters. The second-order valence-electron chi connectivity index (χ2n) is 9.68. The van der Waals surface area contributed by atoms with E-state index in [4.69, 9.17) is 4.98 Å². The van der Waals surface area contributed by atoms with Crippen LogP contribution in [0.3, 0.4) is 0 Å². The zero-order valence-corrected chi connectivity index (χ0v) is 21.9. The summed E-state index contributed by atoms with van der Waals surface area (Å²) >= 11 is 0. The number of rotatable bonds is 10. The summed E-state index contributed by atoms with van der Waals surface area (Å²) in [7, 11) is 0. The number of carboxylic acid groups (broad SMARTS) is 1. The number of nitrogens with one attached hydrogen (secondary N) is 1. The number of benzene rings is 4. The highest BCUT2D eigenvalue weighted by molar-refractivity contribution is 5.96. The minimum Gasteiger partial charge on any atom is -0.478 e. The first-order chi connectivity index (χ1) is 19.0. The molecule has 1 heterocycles. The van der Waals surface area contributed by atoms with Gasteiger partial charge >= 0.3 is 5.97 Å². The van der Waals surface area contributed by atoms with E-state index in [-0.39, 0.29) is 11.5 Å². The molecular weight excluding hydrogens is 486 g/mol. The molecular formula is C33H31N3O3. The van der Waals surface area contributed by atoms with E-state index in [1.54, 1.807) is 12.1 Å². The quantitative estimate of drug-likeness (QED) is 0.209. The first kappa shape index (κ1) is 25.9. The van der Waals surface area contributed by atoms with Crippen molar-refractivity contribution in [2.75, 3.05) is 5.32 Å². The molecule has 0 unspecified atom stereocenters. The van der Waals surface area contributed by atoms with Crippen LogP contribution in [0.25, 0.3) is 22.2 Å². The van der Waals surface area contributed by atoms with Gasteiger partial charge in [-0.3, -0.25) is 4.79 Å². The monoisotopic (exact) mass is 517 g/mol. The van der Waals surface area contributed by atoms with E-state index in [1.807, 2.05) is 84.9 Å². The largest absolute Gasteiger partial charge is 0.478 e. The molecule has 1 amide bonds. The molecule has 0 radical (unpaired) electrons. The predicted molar refractivity (Wildman–Crippen MR) is 155 cm³/mol. The van der Waals surface area contributed by atoms with Gasteiger partial charge in [-0.15, -0.1) is 0 Å². The van der Waals surface area contributed by atoms with E-state index < -0.39 is 5.97 Å². The Balaban J connectivity index is 1.42. The Hall–Kier alpha value is -4.71. The average molecular weight is 518 g/mol. The second-order valence-corrected chi connectivity index (χ2v) is 9.68. The summed E-state index contributed by atoms with van der Waals surface area (Å²) in [5.41, 5.74) is 6.51. The van der Waals surface area contributed by atoms with E-state index in [2.05, 4.69) is 16.8 Å². The molecule has 2 N–H and O–H groups in total. The van der Waals surface area contributed by atoms with Crippen LogP contribution in [0.5, 0.6) is 0 Å². The maximum Gasteiger partial charge on any atom is 0.336 e. The highest BCUT2D eigenvalue weighted by Gasteiger charge is 2.14. The number of carbonyl (C=O) groups excluding carboxylic acids is 1. The number of aromatic carboxylic acids is 1. The summed E-state index contributed by atoms with van der Waals surface area (Å²) in [5.74, 6) is 0.0155. The summed E-state index contributed by atoms with van der Waals surface area (Å²) in [6.45, 7) is 2.79. The van der Waals surface area contributed by atoms with Crippen molar-refractivity contribution in [2.45, 2.75) is 39.2 Å². The Labute approximate surface area is 228 Å². The summed E-state index contributed by atoms with van der Waals surface area (Å²) in [5, 5.41) is 12.6. The molecule has 4 aromatic carbocycles. The minimum atomic E-state index is -0.938. The third kappa shape index (κ3) is 6.07. The number of carboxylic acids is 1. The lowest BCUT2D eigenvalue weighted by molar-refractivity contribution is -0.115. The SMILES string of the molecule is CCCCc1nc2ccc(NC(=O)Cc3ccccc3)cc2n1Cc1ccc(-c2ccccc2C(=O)O)cc1. The molecule has 5 aromatic rings. The Morgan fingerprint density at radius 2 is 1.62 bits per heavy atom. The summed E-state index contributed by atoms with van der Waals surface area (Å²) in [6, 6.07) is 30.6. The fraction of sp³-hybridized carbons (Fsp3) is 0.182. The summed E-state index contributed by atoms with van der Waals surface area (Å²) in [4.78, 5) is 29.3. The lowest BCUT2D eigenvalue weighted by Crippen LogP contribution is -2.14. The van der Waals surface area contributed by atoms with Crippen molar-refractivity contribution in [1.82, 2.24) is 9.55 Å². The molecule has 6 heteroatoms. The van der Waals surface area contributed by atoms with Crippen molar-refractivity contribution < 1.29 is 14.7 Å². The second kappa shape index (κ2) is 11.8. The molecule has 5 rings (SSSR count). The molecule has 0 saturated carbocycles. The number of aryl methyl sites for hydroxylation is 1. The third-order valence-electron chi connectivity index (χ3n) is 6.84. The van der Waals surface area contributed by atoms with Crippen LogP contribution in [-0.4, -0.2) is 26.5 Å². The lowest BCUT2D eigenvalue weighted by atomic mass is 9.99. The van der Waals surface area contributed by atoms with Crippen molar-refractivity contribution in [3.8, 4) is 11.1 Å². The first-order valence-electron chi connectivity index (χ1n) is 13.3. The third-order valence-corrected chi connectivity index (χ3v) is 6.84. The van der Waals surface area contributed by atoms with Crippen molar-refractivity contribution >= 4 is 28.6 Å². The van der Waals surface area contributed by atoms with Gasteiger partial charge in [0.1, 0.15) is 5.82 Å². The highest BCUT2D eigenvalue weighted by Crippen LogP contribution is 2.26. The minimum absolute atomic E-state index is 0.0601. The predicted octanol–water partition coefficient (Wildman–Crippen LogP) is 6.97. The van der Waals surface area contributed by atoms with Crippen molar-refractivity contribution in [3.63, 3.8) is 0 Å². The molecule has 1 aromatic heterocycles. The molecule has 0 saturated heterocycles. The number of aromatic nitrogens is 2. The molecule has 0 fully saturated rings. The number of nitrogens with zero attached hydrogens (tertiary/aromatic N) is 2. The number of carbonyl (C=O) groups is 2. The summed E-state index contributed by atoms with van der Waals surface area (Å²) in [6.07, 6.45) is 3.29. The van der Waals surface area contributed by atoms with Gasteiger partial charge in [-0.1, -0.05) is 86.1 Å². The van der Waals surface area contributed by atoms with E-state index >= 15 is 0 Å². The topological polar surface area (TPSA) is 84.2 Å². The van der Waals surface area contributed by atoms with Crippen LogP contribution < -0.4 is 5.32 Å². The molecule has 196 valence electrons. The molecule has 0 aliphatic heterocycles. The lowest BCUT2D eigenvalue weighted by Gasteiger charge is -2.12. The van der Waals surface area contributed by atoms with Gasteiger partial charge < -0.3 is 15.0 Å². The van der Waals surface area contributed by atoms with Gasteiger partial charge in [0.05, 0.1) is 23.0 Å². The fourth-order valence-electron chi connectivity index (χ4n) is 4.83. The van der Waals surface area contributed by atoms with Gasteiger partial charge in [0.15, 0.2) is 0 Å². The van der Waals surface area contributed by atoms with Crippen LogP contribution in [0.15, 0.2) is 97.1 Å². The molecule has 0 aliphatic carbocycles. The van der Waals surface area contributed by atoms with Crippen LogP contribution in [-0.2, 0) is 24.2 Å². The average Bonchev–Trinajstić information content (AvgIpc) is 3.29. The van der Waals surface area contributed by atoms with Gasteiger partial charge in [-0.05, 0) is 52.9 Å². The number of hydrogen-bond acceptors (Lipinski definition) is 3. The van der Waals surface area contributed by atoms with Gasteiger partial charge in [0, 0.05) is 18.7 Å². The van der Waals surface area contributed by atoms with Gasteiger partial charge in [-0.2, -0.15) is 0 Å². The van der Waals surface area contributed by atoms with Crippen LogP contribution in [0.1, 0.15) is 47.1 Å². The number of anilines is 1. The van der Waals surface area contributed by atoms with E-state index in [9.17, 15) is 14.7 Å². The van der Waals surface area contributed by atoms with Crippen molar-refractivity contribution in [1.29, 1.82) is 0 Å². The van der Waals surface area contributed by atoms with Gasteiger partial charge in [-0.25, -0.2) is 9.78 Å². The normalized spacial score (nSPS) is 11.0. The van der Waals surface area contributed by atoms with Crippen LogP contribution in [0.2, 0.25) is 0 Å². The molecule has 6 nitrogen and oxygen atoms in total. The van der Waals surface area contributed by atoms with Crippen molar-refractivity contribution in [3.05, 3.63) is 120 Å². The van der Waals surface area contributed by atoms with Crippen LogP contribution in [0.4, 0.5) is 5.69 Å². The maximum absolute atomic E-state index is 12.7.